The third-order valence-corrected chi connectivity index (χ3v) is 8.00. The molecule has 0 bridgehead atoms. The Morgan fingerprint density at radius 2 is 1.66 bits per heavy atom. The van der Waals surface area contributed by atoms with Crippen molar-refractivity contribution in [2.45, 2.75) is 24.2 Å². The quantitative estimate of drug-likeness (QED) is 0.206. The Hall–Kier alpha value is -1.96. The third kappa shape index (κ3) is 4.56. The topological polar surface area (TPSA) is 39.9 Å². The van der Waals surface area contributed by atoms with Gasteiger partial charge in [-0.3, -0.25) is 4.57 Å². The maximum Gasteiger partial charge on any atom is 0.163 e. The summed E-state index contributed by atoms with van der Waals surface area (Å²) < 4.78 is 8.39. The van der Waals surface area contributed by atoms with E-state index in [4.69, 9.17) is 27.9 Å². The molecular formula is C24H19Cl2N3OS2. The molecule has 0 radical (unpaired) electrons. The lowest BCUT2D eigenvalue weighted by Crippen LogP contribution is -2.08. The summed E-state index contributed by atoms with van der Waals surface area (Å²) in [4.78, 5) is 0. The van der Waals surface area contributed by atoms with E-state index in [1.54, 1.807) is 10.8 Å². The van der Waals surface area contributed by atoms with Crippen LogP contribution in [0.4, 0.5) is 0 Å². The number of aromatic nitrogens is 3. The summed E-state index contributed by atoms with van der Waals surface area (Å²) in [5.41, 5.74) is 4.14. The van der Waals surface area contributed by atoms with Crippen molar-refractivity contribution >= 4 is 44.8 Å². The van der Waals surface area contributed by atoms with Gasteiger partial charge in [0.1, 0.15) is 18.5 Å². The molecule has 2 heterocycles. The lowest BCUT2D eigenvalue weighted by molar-refractivity contribution is 0.0655. The van der Waals surface area contributed by atoms with Crippen molar-refractivity contribution in [3.63, 3.8) is 0 Å². The van der Waals surface area contributed by atoms with Crippen molar-refractivity contribution < 1.29 is 4.74 Å². The molecule has 32 heavy (non-hydrogen) atoms. The van der Waals surface area contributed by atoms with Gasteiger partial charge in [0.15, 0.2) is 5.82 Å². The number of hydrogen-bond acceptors (Lipinski definition) is 5. The molecule has 0 saturated carbocycles. The van der Waals surface area contributed by atoms with E-state index in [0.29, 0.717) is 16.7 Å². The van der Waals surface area contributed by atoms with Gasteiger partial charge in [-0.1, -0.05) is 93.3 Å². The number of hydrogen-bond donors (Lipinski definition) is 0. The molecule has 0 spiro atoms. The molecule has 4 nitrogen and oxygen atoms in total. The Morgan fingerprint density at radius 1 is 0.875 bits per heavy atom. The molecule has 1 unspecified atom stereocenters. The summed E-state index contributed by atoms with van der Waals surface area (Å²) in [7, 11) is 3.58. The predicted molar refractivity (Wildman–Crippen MR) is 133 cm³/mol. The second-order valence-electron chi connectivity index (χ2n) is 7.29. The molecule has 0 fully saturated rings. The van der Waals surface area contributed by atoms with Crippen molar-refractivity contribution in [3.05, 3.63) is 111 Å². The molecule has 8 heteroatoms. The van der Waals surface area contributed by atoms with Gasteiger partial charge in [-0.05, 0) is 29.8 Å². The van der Waals surface area contributed by atoms with Crippen molar-refractivity contribution in [2.75, 3.05) is 0 Å². The lowest BCUT2D eigenvalue weighted by Gasteiger charge is -2.20. The minimum atomic E-state index is -0.341. The number of rotatable bonds is 6. The van der Waals surface area contributed by atoms with Crippen molar-refractivity contribution in [3.8, 4) is 5.69 Å². The SMILES string of the molecule is Clc1ccc2c(c1)C(c1ccccc1Cl)OCc1nnc(CSSCc3ccccc3)n1-2. The van der Waals surface area contributed by atoms with Crippen molar-refractivity contribution in [1.29, 1.82) is 0 Å². The summed E-state index contributed by atoms with van der Waals surface area (Å²) in [6.07, 6.45) is -0.341. The fourth-order valence-electron chi connectivity index (χ4n) is 3.73. The van der Waals surface area contributed by atoms with Crippen molar-refractivity contribution in [1.82, 2.24) is 14.8 Å². The molecule has 0 saturated heterocycles. The first-order chi connectivity index (χ1) is 15.7. The molecule has 1 aromatic heterocycles. The molecule has 1 atom stereocenters. The smallest absolute Gasteiger partial charge is 0.163 e. The van der Waals surface area contributed by atoms with Gasteiger partial charge in [0.05, 0.1) is 11.4 Å². The fourth-order valence-corrected chi connectivity index (χ4v) is 6.16. The van der Waals surface area contributed by atoms with Gasteiger partial charge in [-0.15, -0.1) is 10.2 Å². The first-order valence-electron chi connectivity index (χ1n) is 10.1. The number of halogens is 2. The number of benzene rings is 3. The summed E-state index contributed by atoms with van der Waals surface area (Å²) in [6.45, 7) is 0.330. The highest BCUT2D eigenvalue weighted by molar-refractivity contribution is 8.76. The molecule has 0 amide bonds. The van der Waals surface area contributed by atoms with E-state index in [1.165, 1.54) is 5.56 Å². The van der Waals surface area contributed by atoms with E-state index in [9.17, 15) is 0 Å². The maximum atomic E-state index is 6.51. The Bertz CT molecular complexity index is 1230. The Balaban J connectivity index is 1.44. The third-order valence-electron chi connectivity index (χ3n) is 5.22. The van der Waals surface area contributed by atoms with E-state index in [2.05, 4.69) is 39.0 Å². The molecular weight excluding hydrogens is 481 g/mol. The van der Waals surface area contributed by atoms with Crippen LogP contribution in [0.3, 0.4) is 0 Å². The van der Waals surface area contributed by atoms with Gasteiger partial charge in [0, 0.05) is 26.9 Å². The minimum absolute atomic E-state index is 0.330. The van der Waals surface area contributed by atoms with Gasteiger partial charge in [-0.2, -0.15) is 0 Å². The van der Waals surface area contributed by atoms with Crippen LogP contribution in [0.2, 0.25) is 10.0 Å². The van der Waals surface area contributed by atoms with Crippen LogP contribution in [0.1, 0.15) is 34.4 Å². The summed E-state index contributed by atoms with van der Waals surface area (Å²) in [5, 5.41) is 10.2. The Kier molecular flexibility index (Phi) is 6.76. The fraction of sp³-hybridized carbons (Fsp3) is 0.167. The van der Waals surface area contributed by atoms with E-state index in [-0.39, 0.29) is 6.10 Å². The van der Waals surface area contributed by atoms with Crippen LogP contribution < -0.4 is 0 Å². The second-order valence-corrected chi connectivity index (χ2v) is 10.6. The van der Waals surface area contributed by atoms with Crippen molar-refractivity contribution in [2.24, 2.45) is 0 Å². The second kappa shape index (κ2) is 9.89. The Morgan fingerprint density at radius 3 is 2.50 bits per heavy atom. The number of nitrogens with zero attached hydrogens (tertiary/aromatic N) is 3. The van der Waals surface area contributed by atoms with E-state index >= 15 is 0 Å². The van der Waals surface area contributed by atoms with Crippen LogP contribution >= 0.6 is 44.8 Å². The summed E-state index contributed by atoms with van der Waals surface area (Å²) in [5.74, 6) is 3.32. The highest BCUT2D eigenvalue weighted by Crippen LogP contribution is 2.40. The van der Waals surface area contributed by atoms with Crippen LogP contribution in [0.5, 0.6) is 0 Å². The van der Waals surface area contributed by atoms with Crippen LogP contribution in [0.25, 0.3) is 5.69 Å². The minimum Gasteiger partial charge on any atom is -0.361 e. The average Bonchev–Trinajstić information content (AvgIpc) is 3.14. The zero-order valence-electron chi connectivity index (χ0n) is 16.9. The zero-order valence-corrected chi connectivity index (χ0v) is 20.1. The summed E-state index contributed by atoms with van der Waals surface area (Å²) >= 11 is 12.9. The molecule has 0 aliphatic carbocycles. The molecule has 5 rings (SSSR count). The molecule has 3 aromatic carbocycles. The molecule has 1 aliphatic heterocycles. The summed E-state index contributed by atoms with van der Waals surface area (Å²) in [6, 6.07) is 24.0. The zero-order chi connectivity index (χ0) is 21.9. The first-order valence-corrected chi connectivity index (χ1v) is 13.3. The van der Waals surface area contributed by atoms with Crippen LogP contribution in [0, 0.1) is 0 Å². The molecule has 1 aliphatic rings. The van der Waals surface area contributed by atoms with E-state index in [1.807, 2.05) is 59.3 Å². The van der Waals surface area contributed by atoms with Gasteiger partial charge >= 0.3 is 0 Å². The van der Waals surface area contributed by atoms with Crippen LogP contribution in [-0.2, 0) is 22.8 Å². The predicted octanol–water partition coefficient (Wildman–Crippen LogP) is 7.28. The largest absolute Gasteiger partial charge is 0.361 e. The number of fused-ring (bicyclic) bond motifs is 3. The highest BCUT2D eigenvalue weighted by atomic mass is 35.5. The molecule has 0 N–H and O–H groups in total. The highest BCUT2D eigenvalue weighted by Gasteiger charge is 2.28. The van der Waals surface area contributed by atoms with E-state index in [0.717, 1.165) is 40.0 Å². The van der Waals surface area contributed by atoms with Crippen LogP contribution in [-0.4, -0.2) is 14.8 Å². The average molecular weight is 500 g/mol. The first kappa shape index (κ1) is 21.9. The van der Waals surface area contributed by atoms with Crippen LogP contribution in [0.15, 0.2) is 72.8 Å². The Labute approximate surface area is 204 Å². The normalized spacial score (nSPS) is 15.1. The van der Waals surface area contributed by atoms with Gasteiger partial charge in [0.25, 0.3) is 0 Å². The maximum absolute atomic E-state index is 6.51. The monoisotopic (exact) mass is 499 g/mol. The van der Waals surface area contributed by atoms with Gasteiger partial charge < -0.3 is 4.74 Å². The standard InChI is InChI=1S/C24H19Cl2N3OS2/c25-17-10-11-21-19(12-17)24(18-8-4-5-9-20(18)26)30-13-22-27-28-23(29(21)22)15-32-31-14-16-6-2-1-3-7-16/h1-12,24H,13-15H2. The van der Waals surface area contributed by atoms with E-state index < -0.39 is 0 Å². The molecule has 162 valence electrons. The number of ether oxygens (including phenoxy) is 1. The lowest BCUT2D eigenvalue weighted by atomic mass is 9.99. The molecule has 4 aromatic rings. The van der Waals surface area contributed by atoms with Gasteiger partial charge in [0.2, 0.25) is 0 Å². The van der Waals surface area contributed by atoms with Gasteiger partial charge in [-0.25, -0.2) is 0 Å².